The molecule has 0 heterocycles. The van der Waals surface area contributed by atoms with Crippen LogP contribution in [0.5, 0.6) is 0 Å². The Bertz CT molecular complexity index is 1800. The van der Waals surface area contributed by atoms with Crippen LogP contribution in [0, 0.1) is 30.2 Å². The number of halogens is 7. The van der Waals surface area contributed by atoms with E-state index in [9.17, 15) is 45.1 Å². The second-order valence-electron chi connectivity index (χ2n) is 10.0. The first kappa shape index (κ1) is 34.8. The van der Waals surface area contributed by atoms with E-state index >= 15 is 0 Å². The molecular weight excluding hydrogens is 651 g/mol. The second-order valence-corrected chi connectivity index (χ2v) is 11.4. The lowest BCUT2D eigenvalue weighted by molar-refractivity contribution is -0.143. The molecule has 0 saturated carbocycles. The van der Waals surface area contributed by atoms with Gasteiger partial charge in [-0.15, -0.1) is 11.8 Å². The molecule has 47 heavy (non-hydrogen) atoms. The number of amides is 3. The van der Waals surface area contributed by atoms with Gasteiger partial charge < -0.3 is 16.0 Å². The number of hydrogen-bond acceptors (Lipinski definition) is 4. The molecule has 0 aliphatic heterocycles. The SMILES string of the molecule is Cc1ccc(/C=C(\NC(=O)c2ccccc2)C(=O)Nc2ccc(SC(C)C(=O)Nc3c(F)c(F)c(C(F)(F)F)c(F)c3F)cc2)cc1. The van der Waals surface area contributed by atoms with Gasteiger partial charge in [-0.25, -0.2) is 17.6 Å². The molecule has 0 spiro atoms. The lowest BCUT2D eigenvalue weighted by atomic mass is 10.1. The summed E-state index contributed by atoms with van der Waals surface area (Å²) in [6.45, 7) is 3.18. The van der Waals surface area contributed by atoms with Crippen LogP contribution < -0.4 is 16.0 Å². The largest absolute Gasteiger partial charge is 0.422 e. The fourth-order valence-corrected chi connectivity index (χ4v) is 4.93. The third-order valence-electron chi connectivity index (χ3n) is 6.51. The smallest absolute Gasteiger partial charge is 0.321 e. The van der Waals surface area contributed by atoms with Crippen LogP contribution in [0.2, 0.25) is 0 Å². The summed E-state index contributed by atoms with van der Waals surface area (Å²) in [5, 5.41) is 5.73. The monoisotopic (exact) mass is 675 g/mol. The summed E-state index contributed by atoms with van der Waals surface area (Å²) < 4.78 is 94.8. The van der Waals surface area contributed by atoms with Crippen molar-refractivity contribution in [1.82, 2.24) is 5.32 Å². The van der Waals surface area contributed by atoms with Crippen molar-refractivity contribution in [2.24, 2.45) is 0 Å². The molecule has 0 aliphatic carbocycles. The molecule has 0 aliphatic rings. The normalized spacial score (nSPS) is 12.3. The Balaban J connectivity index is 1.45. The molecular formula is C33H24F7N3O3S. The molecule has 0 aromatic heterocycles. The topological polar surface area (TPSA) is 87.3 Å². The summed E-state index contributed by atoms with van der Waals surface area (Å²) in [4.78, 5) is 39.0. The highest BCUT2D eigenvalue weighted by molar-refractivity contribution is 8.00. The Kier molecular flexibility index (Phi) is 10.8. The van der Waals surface area contributed by atoms with E-state index in [-0.39, 0.29) is 5.70 Å². The van der Waals surface area contributed by atoms with E-state index in [1.54, 1.807) is 47.8 Å². The summed E-state index contributed by atoms with van der Waals surface area (Å²) in [5.41, 5.74) is -2.24. The Morgan fingerprint density at radius 3 is 1.89 bits per heavy atom. The number of thioether (sulfide) groups is 1. The molecule has 0 bridgehead atoms. The van der Waals surface area contributed by atoms with Crippen molar-refractivity contribution in [2.45, 2.75) is 30.2 Å². The van der Waals surface area contributed by atoms with E-state index in [4.69, 9.17) is 0 Å². The van der Waals surface area contributed by atoms with Gasteiger partial charge in [-0.05, 0) is 61.9 Å². The number of benzene rings is 4. The van der Waals surface area contributed by atoms with Crippen LogP contribution in [0.1, 0.15) is 34.0 Å². The van der Waals surface area contributed by atoms with Gasteiger partial charge >= 0.3 is 6.18 Å². The van der Waals surface area contributed by atoms with Crippen molar-refractivity contribution in [3.63, 3.8) is 0 Å². The van der Waals surface area contributed by atoms with E-state index in [1.807, 2.05) is 19.1 Å². The number of carbonyl (C=O) groups excluding carboxylic acids is 3. The summed E-state index contributed by atoms with van der Waals surface area (Å²) in [7, 11) is 0. The number of alkyl halides is 3. The Morgan fingerprint density at radius 2 is 1.34 bits per heavy atom. The first-order valence-corrected chi connectivity index (χ1v) is 14.5. The predicted molar refractivity (Wildman–Crippen MR) is 163 cm³/mol. The molecule has 244 valence electrons. The summed E-state index contributed by atoms with van der Waals surface area (Å²) >= 11 is 0.836. The third kappa shape index (κ3) is 8.58. The van der Waals surface area contributed by atoms with E-state index in [0.717, 1.165) is 17.3 Å². The molecule has 4 aromatic rings. The van der Waals surface area contributed by atoms with Gasteiger partial charge in [-0.3, -0.25) is 14.4 Å². The van der Waals surface area contributed by atoms with Crippen LogP contribution in [0.4, 0.5) is 42.1 Å². The minimum Gasteiger partial charge on any atom is -0.321 e. The number of nitrogens with one attached hydrogen (secondary N) is 3. The zero-order valence-electron chi connectivity index (χ0n) is 24.4. The van der Waals surface area contributed by atoms with Crippen molar-refractivity contribution >= 4 is 46.9 Å². The molecule has 4 rings (SSSR count). The van der Waals surface area contributed by atoms with Gasteiger partial charge in [0.1, 0.15) is 16.9 Å². The van der Waals surface area contributed by atoms with Gasteiger partial charge in [0.15, 0.2) is 23.3 Å². The predicted octanol–water partition coefficient (Wildman–Crippen LogP) is 8.10. The van der Waals surface area contributed by atoms with Gasteiger partial charge in [0.25, 0.3) is 11.8 Å². The van der Waals surface area contributed by atoms with Crippen molar-refractivity contribution in [2.75, 3.05) is 10.6 Å². The van der Waals surface area contributed by atoms with Gasteiger partial charge in [-0.1, -0.05) is 48.0 Å². The number of rotatable bonds is 9. The number of anilines is 2. The Hall–Kier alpha value is -5.11. The highest BCUT2D eigenvalue weighted by atomic mass is 32.2. The molecule has 0 saturated heterocycles. The van der Waals surface area contributed by atoms with E-state index < -0.39 is 63.7 Å². The van der Waals surface area contributed by atoms with Crippen molar-refractivity contribution in [3.05, 3.63) is 130 Å². The first-order valence-electron chi connectivity index (χ1n) is 13.6. The molecule has 3 amide bonds. The van der Waals surface area contributed by atoms with Crippen LogP contribution in [-0.4, -0.2) is 23.0 Å². The van der Waals surface area contributed by atoms with E-state index in [2.05, 4.69) is 10.6 Å². The summed E-state index contributed by atoms with van der Waals surface area (Å²) in [5.74, 6) is -12.5. The quantitative estimate of drug-likeness (QED) is 0.0725. The van der Waals surface area contributed by atoms with Crippen LogP contribution in [-0.2, 0) is 15.8 Å². The van der Waals surface area contributed by atoms with Gasteiger partial charge in [0, 0.05) is 16.1 Å². The summed E-state index contributed by atoms with van der Waals surface area (Å²) in [6.07, 6.45) is -4.22. The molecule has 1 atom stereocenters. The van der Waals surface area contributed by atoms with Crippen molar-refractivity contribution in [3.8, 4) is 0 Å². The van der Waals surface area contributed by atoms with Crippen molar-refractivity contribution < 1.29 is 45.1 Å². The number of aryl methyl sites for hydroxylation is 1. The first-order chi connectivity index (χ1) is 22.1. The highest BCUT2D eigenvalue weighted by Gasteiger charge is 2.42. The lowest BCUT2D eigenvalue weighted by Gasteiger charge is -2.16. The Labute approximate surface area is 268 Å². The maximum absolute atomic E-state index is 14.2. The van der Waals surface area contributed by atoms with E-state index in [1.165, 1.54) is 37.3 Å². The maximum Gasteiger partial charge on any atom is 0.422 e. The van der Waals surface area contributed by atoms with Crippen molar-refractivity contribution in [1.29, 1.82) is 0 Å². The number of hydrogen-bond donors (Lipinski definition) is 3. The zero-order valence-corrected chi connectivity index (χ0v) is 25.3. The standard InChI is InChI=1S/C33H24F7N3O3S/c1-17-8-10-19(11-9-17)16-23(42-31(45)20-6-4-3-5-7-20)32(46)41-21-12-14-22(15-13-21)47-18(2)30(44)43-29-27(36)25(34)24(33(38,39)40)26(35)28(29)37/h3-16,18H,1-2H3,(H,41,46)(H,42,45)(H,43,44)/b23-16-. The second kappa shape index (κ2) is 14.5. The van der Waals surface area contributed by atoms with E-state index in [0.29, 0.717) is 21.7 Å². The average molecular weight is 676 g/mol. The van der Waals surface area contributed by atoms with Gasteiger partial charge in [0.05, 0.1) is 5.25 Å². The van der Waals surface area contributed by atoms with Gasteiger partial charge in [-0.2, -0.15) is 13.2 Å². The summed E-state index contributed by atoms with van der Waals surface area (Å²) in [6, 6.07) is 21.4. The molecule has 14 heteroatoms. The minimum absolute atomic E-state index is 0.0537. The third-order valence-corrected chi connectivity index (χ3v) is 7.62. The van der Waals surface area contributed by atoms with Crippen LogP contribution in [0.3, 0.4) is 0 Å². The molecule has 3 N–H and O–H groups in total. The highest BCUT2D eigenvalue weighted by Crippen LogP contribution is 2.38. The number of carbonyl (C=O) groups is 3. The molecule has 4 aromatic carbocycles. The lowest BCUT2D eigenvalue weighted by Crippen LogP contribution is -2.30. The Morgan fingerprint density at radius 1 is 0.766 bits per heavy atom. The van der Waals surface area contributed by atoms with Crippen LogP contribution >= 0.6 is 11.8 Å². The minimum atomic E-state index is -5.72. The molecule has 0 fully saturated rings. The van der Waals surface area contributed by atoms with Crippen LogP contribution in [0.25, 0.3) is 6.08 Å². The molecule has 6 nitrogen and oxygen atoms in total. The fraction of sp³-hybridized carbons (Fsp3) is 0.121. The maximum atomic E-state index is 14.2. The zero-order chi connectivity index (χ0) is 34.5. The van der Waals surface area contributed by atoms with Crippen LogP contribution in [0.15, 0.2) is 89.5 Å². The van der Waals surface area contributed by atoms with Gasteiger partial charge in [0.2, 0.25) is 5.91 Å². The molecule has 0 radical (unpaired) electrons. The molecule has 1 unspecified atom stereocenters. The fourth-order valence-electron chi connectivity index (χ4n) is 4.06. The average Bonchev–Trinajstić information content (AvgIpc) is 3.03.